The third kappa shape index (κ3) is 2.80. The van der Waals surface area contributed by atoms with Gasteiger partial charge in [-0.1, -0.05) is 6.07 Å². The van der Waals surface area contributed by atoms with E-state index in [0.29, 0.717) is 6.79 Å². The highest BCUT2D eigenvalue weighted by atomic mass is 35.5. The molecule has 5 nitrogen and oxygen atoms in total. The standard InChI is InChI=1S/C16H14ClN3O2S/c1-9-7-23-15-13(9)14(19-16(17)20-15)18-5-4-10-2-3-11-12(6-10)22-8-21-11/h2-3,6-7H,4-5,8H2,1H3,(H,18,19,20). The van der Waals surface area contributed by atoms with Crippen molar-refractivity contribution in [1.82, 2.24) is 9.97 Å². The van der Waals surface area contributed by atoms with Gasteiger partial charge in [0.2, 0.25) is 12.1 Å². The summed E-state index contributed by atoms with van der Waals surface area (Å²) >= 11 is 7.59. The van der Waals surface area contributed by atoms with Gasteiger partial charge >= 0.3 is 0 Å². The minimum absolute atomic E-state index is 0.268. The lowest BCUT2D eigenvalue weighted by Gasteiger charge is -2.08. The van der Waals surface area contributed by atoms with Crippen LogP contribution in [0.4, 0.5) is 5.82 Å². The molecule has 1 aliphatic heterocycles. The second-order valence-corrected chi connectivity index (χ2v) is 6.50. The van der Waals surface area contributed by atoms with Gasteiger partial charge < -0.3 is 14.8 Å². The zero-order valence-corrected chi connectivity index (χ0v) is 14.0. The number of nitrogens with one attached hydrogen (secondary N) is 1. The van der Waals surface area contributed by atoms with Crippen molar-refractivity contribution in [3.05, 3.63) is 40.0 Å². The van der Waals surface area contributed by atoms with Gasteiger partial charge in [-0.05, 0) is 53.6 Å². The molecule has 1 aliphatic rings. The molecule has 0 unspecified atom stereocenters. The van der Waals surface area contributed by atoms with Crippen molar-refractivity contribution in [2.75, 3.05) is 18.7 Å². The molecule has 0 saturated carbocycles. The minimum atomic E-state index is 0.268. The molecule has 2 aromatic heterocycles. The Bertz CT molecular complexity index is 881. The van der Waals surface area contributed by atoms with Crippen LogP contribution in [0.25, 0.3) is 10.2 Å². The van der Waals surface area contributed by atoms with Crippen LogP contribution in [0.2, 0.25) is 5.28 Å². The predicted octanol–water partition coefficient (Wildman–Crippen LogP) is 4.04. The molecule has 0 bridgehead atoms. The van der Waals surface area contributed by atoms with Crippen molar-refractivity contribution in [1.29, 1.82) is 0 Å². The number of aryl methyl sites for hydroxylation is 1. The third-order valence-electron chi connectivity index (χ3n) is 3.73. The third-order valence-corrected chi connectivity index (χ3v) is 4.89. The van der Waals surface area contributed by atoms with Crippen LogP contribution in [0, 0.1) is 6.92 Å². The van der Waals surface area contributed by atoms with Crippen LogP contribution in [0.15, 0.2) is 23.6 Å². The Morgan fingerprint density at radius 3 is 3.04 bits per heavy atom. The summed E-state index contributed by atoms with van der Waals surface area (Å²) in [6.07, 6.45) is 0.850. The van der Waals surface area contributed by atoms with Gasteiger partial charge in [0.05, 0.1) is 5.39 Å². The Hall–Kier alpha value is -2.05. The topological polar surface area (TPSA) is 56.3 Å². The van der Waals surface area contributed by atoms with Crippen LogP contribution in [0.5, 0.6) is 11.5 Å². The van der Waals surface area contributed by atoms with Crippen LogP contribution in [0.3, 0.4) is 0 Å². The number of nitrogens with zero attached hydrogens (tertiary/aromatic N) is 2. The van der Waals surface area contributed by atoms with Crippen molar-refractivity contribution in [2.45, 2.75) is 13.3 Å². The van der Waals surface area contributed by atoms with Gasteiger partial charge in [0.1, 0.15) is 10.6 Å². The molecule has 0 amide bonds. The Labute approximate surface area is 142 Å². The van der Waals surface area contributed by atoms with E-state index in [-0.39, 0.29) is 5.28 Å². The summed E-state index contributed by atoms with van der Waals surface area (Å²) in [7, 11) is 0. The van der Waals surface area contributed by atoms with Gasteiger partial charge in [-0.2, -0.15) is 0 Å². The molecule has 0 radical (unpaired) electrons. The number of thiophene rings is 1. The summed E-state index contributed by atoms with van der Waals surface area (Å²) in [5.41, 5.74) is 2.34. The molecular formula is C16H14ClN3O2S. The van der Waals surface area contributed by atoms with E-state index in [9.17, 15) is 0 Å². The van der Waals surface area contributed by atoms with Gasteiger partial charge in [-0.3, -0.25) is 0 Å². The molecule has 0 aliphatic carbocycles. The van der Waals surface area contributed by atoms with E-state index in [4.69, 9.17) is 21.1 Å². The fourth-order valence-corrected chi connectivity index (χ4v) is 3.75. The maximum Gasteiger partial charge on any atom is 0.231 e. The molecule has 1 aromatic carbocycles. The van der Waals surface area contributed by atoms with Gasteiger partial charge in [0.25, 0.3) is 0 Å². The number of aromatic nitrogens is 2. The summed E-state index contributed by atoms with van der Waals surface area (Å²) < 4.78 is 10.7. The number of ether oxygens (including phenoxy) is 2. The maximum absolute atomic E-state index is 6.01. The van der Waals surface area contributed by atoms with Crippen molar-refractivity contribution >= 4 is 39.0 Å². The monoisotopic (exact) mass is 347 g/mol. The maximum atomic E-state index is 6.01. The SMILES string of the molecule is Cc1csc2nc(Cl)nc(NCCc3ccc4c(c3)OCO4)c12. The molecule has 0 saturated heterocycles. The minimum Gasteiger partial charge on any atom is -0.454 e. The first-order valence-corrected chi connectivity index (χ1v) is 8.50. The number of benzene rings is 1. The molecule has 0 spiro atoms. The highest BCUT2D eigenvalue weighted by Crippen LogP contribution is 2.33. The quantitative estimate of drug-likeness (QED) is 0.722. The van der Waals surface area contributed by atoms with E-state index in [1.165, 1.54) is 5.56 Å². The first-order valence-electron chi connectivity index (χ1n) is 7.24. The average Bonchev–Trinajstić information content (AvgIpc) is 3.13. The fourth-order valence-electron chi connectivity index (χ4n) is 2.61. The molecule has 23 heavy (non-hydrogen) atoms. The van der Waals surface area contributed by atoms with Crippen LogP contribution < -0.4 is 14.8 Å². The Morgan fingerprint density at radius 1 is 1.26 bits per heavy atom. The van der Waals surface area contributed by atoms with Crippen LogP contribution in [-0.2, 0) is 6.42 Å². The summed E-state index contributed by atoms with van der Waals surface area (Å²) in [5, 5.41) is 6.75. The normalized spacial score (nSPS) is 12.8. The van der Waals surface area contributed by atoms with E-state index in [2.05, 4.69) is 27.6 Å². The zero-order chi connectivity index (χ0) is 15.8. The van der Waals surface area contributed by atoms with Crippen LogP contribution in [0.1, 0.15) is 11.1 Å². The van der Waals surface area contributed by atoms with E-state index < -0.39 is 0 Å². The lowest BCUT2D eigenvalue weighted by molar-refractivity contribution is 0.174. The zero-order valence-electron chi connectivity index (χ0n) is 12.4. The van der Waals surface area contributed by atoms with E-state index >= 15 is 0 Å². The molecule has 1 N–H and O–H groups in total. The molecule has 0 fully saturated rings. The van der Waals surface area contributed by atoms with Crippen LogP contribution in [-0.4, -0.2) is 23.3 Å². The summed E-state index contributed by atoms with van der Waals surface area (Å²) in [6.45, 7) is 3.10. The molecule has 0 atom stereocenters. The van der Waals surface area contributed by atoms with Gasteiger partial charge in [-0.25, -0.2) is 9.97 Å². The number of halogens is 1. The van der Waals surface area contributed by atoms with Crippen molar-refractivity contribution < 1.29 is 9.47 Å². The summed E-state index contributed by atoms with van der Waals surface area (Å²) in [4.78, 5) is 9.50. The van der Waals surface area contributed by atoms with Gasteiger partial charge in [-0.15, -0.1) is 11.3 Å². The van der Waals surface area contributed by atoms with Gasteiger partial charge in [0, 0.05) is 6.54 Å². The van der Waals surface area contributed by atoms with E-state index in [0.717, 1.165) is 46.1 Å². The van der Waals surface area contributed by atoms with Crippen molar-refractivity contribution in [2.24, 2.45) is 0 Å². The second kappa shape index (κ2) is 5.86. The lowest BCUT2D eigenvalue weighted by Crippen LogP contribution is -2.07. The average molecular weight is 348 g/mol. The van der Waals surface area contributed by atoms with Gasteiger partial charge in [0.15, 0.2) is 11.5 Å². The smallest absolute Gasteiger partial charge is 0.231 e. The fraction of sp³-hybridized carbons (Fsp3) is 0.250. The Kier molecular flexibility index (Phi) is 3.71. The molecule has 4 rings (SSSR count). The molecular weight excluding hydrogens is 334 g/mol. The number of rotatable bonds is 4. The number of hydrogen-bond donors (Lipinski definition) is 1. The molecule has 3 aromatic rings. The highest BCUT2D eigenvalue weighted by Gasteiger charge is 2.14. The largest absolute Gasteiger partial charge is 0.454 e. The van der Waals surface area contributed by atoms with E-state index in [1.54, 1.807) is 11.3 Å². The Balaban J connectivity index is 1.50. The first-order chi connectivity index (χ1) is 11.2. The lowest BCUT2D eigenvalue weighted by atomic mass is 10.1. The number of hydrogen-bond acceptors (Lipinski definition) is 6. The molecule has 7 heteroatoms. The molecule has 3 heterocycles. The summed E-state index contributed by atoms with van der Waals surface area (Å²) in [6, 6.07) is 6.01. The molecule has 118 valence electrons. The summed E-state index contributed by atoms with van der Waals surface area (Å²) in [5.74, 6) is 2.41. The first kappa shape index (κ1) is 14.5. The number of anilines is 1. The predicted molar refractivity (Wildman–Crippen MR) is 91.9 cm³/mol. The van der Waals surface area contributed by atoms with E-state index in [1.807, 2.05) is 18.2 Å². The highest BCUT2D eigenvalue weighted by molar-refractivity contribution is 7.17. The van der Waals surface area contributed by atoms with Crippen LogP contribution >= 0.6 is 22.9 Å². The second-order valence-electron chi connectivity index (χ2n) is 5.30. The number of fused-ring (bicyclic) bond motifs is 2. The van der Waals surface area contributed by atoms with Crippen molar-refractivity contribution in [3.63, 3.8) is 0 Å². The van der Waals surface area contributed by atoms with Crippen molar-refractivity contribution in [3.8, 4) is 11.5 Å². The Morgan fingerprint density at radius 2 is 2.13 bits per heavy atom.